The van der Waals surface area contributed by atoms with Crippen LogP contribution < -0.4 is 10.1 Å². The number of nitrogens with zero attached hydrogens (tertiary/aromatic N) is 2. The van der Waals surface area contributed by atoms with Crippen molar-refractivity contribution >= 4 is 0 Å². The Kier molecular flexibility index (Phi) is 4.16. The van der Waals surface area contributed by atoms with Gasteiger partial charge in [-0.3, -0.25) is 4.68 Å². The van der Waals surface area contributed by atoms with Crippen molar-refractivity contribution in [3.05, 3.63) is 47.5 Å². The first-order valence-corrected chi connectivity index (χ1v) is 6.13. The lowest BCUT2D eigenvalue weighted by atomic mass is 10.0. The molecule has 0 saturated carbocycles. The van der Waals surface area contributed by atoms with Crippen molar-refractivity contribution in [2.45, 2.75) is 12.5 Å². The molecule has 0 aliphatic carbocycles. The maximum absolute atomic E-state index is 14.0. The van der Waals surface area contributed by atoms with Crippen LogP contribution in [0, 0.1) is 5.82 Å². The highest BCUT2D eigenvalue weighted by Crippen LogP contribution is 2.24. The monoisotopic (exact) mass is 263 g/mol. The van der Waals surface area contributed by atoms with Crippen molar-refractivity contribution in [1.82, 2.24) is 15.1 Å². The number of ether oxygens (including phenoxy) is 1. The van der Waals surface area contributed by atoms with Crippen LogP contribution in [0.4, 0.5) is 4.39 Å². The van der Waals surface area contributed by atoms with E-state index in [0.717, 1.165) is 5.69 Å². The van der Waals surface area contributed by atoms with Crippen LogP contribution in [0.2, 0.25) is 0 Å². The average molecular weight is 263 g/mol. The van der Waals surface area contributed by atoms with Gasteiger partial charge in [-0.25, -0.2) is 4.39 Å². The van der Waals surface area contributed by atoms with Gasteiger partial charge in [0.2, 0.25) is 0 Å². The van der Waals surface area contributed by atoms with E-state index in [2.05, 4.69) is 10.4 Å². The number of rotatable bonds is 5. The Morgan fingerprint density at radius 3 is 2.74 bits per heavy atom. The minimum Gasteiger partial charge on any atom is -0.497 e. The summed E-state index contributed by atoms with van der Waals surface area (Å²) in [4.78, 5) is 0. The van der Waals surface area contributed by atoms with Crippen LogP contribution in [0.5, 0.6) is 5.75 Å². The minimum absolute atomic E-state index is 0.110. The van der Waals surface area contributed by atoms with Crippen LogP contribution in [0.15, 0.2) is 30.5 Å². The van der Waals surface area contributed by atoms with E-state index in [4.69, 9.17) is 4.74 Å². The molecule has 1 aromatic heterocycles. The van der Waals surface area contributed by atoms with Crippen LogP contribution in [0.3, 0.4) is 0 Å². The molecular weight excluding hydrogens is 245 g/mol. The van der Waals surface area contributed by atoms with Gasteiger partial charge in [0.05, 0.1) is 12.8 Å². The molecule has 0 amide bonds. The first-order chi connectivity index (χ1) is 9.13. The molecule has 5 heteroatoms. The fourth-order valence-corrected chi connectivity index (χ4v) is 2.07. The van der Waals surface area contributed by atoms with Gasteiger partial charge in [0, 0.05) is 37.3 Å². The molecule has 1 unspecified atom stereocenters. The lowest BCUT2D eigenvalue weighted by Gasteiger charge is -2.16. The van der Waals surface area contributed by atoms with Crippen LogP contribution in [0.1, 0.15) is 17.3 Å². The third kappa shape index (κ3) is 3.12. The van der Waals surface area contributed by atoms with Crippen molar-refractivity contribution < 1.29 is 9.13 Å². The highest BCUT2D eigenvalue weighted by molar-refractivity contribution is 5.31. The lowest BCUT2D eigenvalue weighted by Crippen LogP contribution is -2.20. The topological polar surface area (TPSA) is 39.1 Å². The third-order valence-corrected chi connectivity index (χ3v) is 3.11. The predicted molar refractivity (Wildman–Crippen MR) is 71.7 cm³/mol. The number of nitrogens with one attached hydrogen (secondary N) is 1. The van der Waals surface area contributed by atoms with E-state index in [1.54, 1.807) is 16.8 Å². The number of aromatic nitrogens is 2. The average Bonchev–Trinajstić information content (AvgIpc) is 2.81. The number of methoxy groups -OCH3 is 1. The van der Waals surface area contributed by atoms with Crippen LogP contribution in [-0.2, 0) is 13.5 Å². The molecule has 0 aliphatic heterocycles. The highest BCUT2D eigenvalue weighted by atomic mass is 19.1. The SMILES string of the molecule is CNC(Cc1ccn(C)n1)c1ccc(OC)cc1F. The summed E-state index contributed by atoms with van der Waals surface area (Å²) in [5, 5.41) is 7.44. The van der Waals surface area contributed by atoms with Gasteiger partial charge in [0.1, 0.15) is 11.6 Å². The zero-order valence-electron chi connectivity index (χ0n) is 11.4. The predicted octanol–water partition coefficient (Wildman–Crippen LogP) is 2.07. The van der Waals surface area contributed by atoms with E-state index in [1.807, 2.05) is 26.4 Å². The van der Waals surface area contributed by atoms with Gasteiger partial charge in [-0.2, -0.15) is 5.10 Å². The molecule has 1 aromatic carbocycles. The zero-order valence-corrected chi connectivity index (χ0v) is 11.4. The summed E-state index contributed by atoms with van der Waals surface area (Å²) in [6.07, 6.45) is 2.52. The summed E-state index contributed by atoms with van der Waals surface area (Å²) >= 11 is 0. The molecule has 0 bridgehead atoms. The second-order valence-corrected chi connectivity index (χ2v) is 4.41. The Morgan fingerprint density at radius 1 is 1.42 bits per heavy atom. The minimum atomic E-state index is -0.269. The Hall–Kier alpha value is -1.88. The third-order valence-electron chi connectivity index (χ3n) is 3.11. The fraction of sp³-hybridized carbons (Fsp3) is 0.357. The standard InChI is InChI=1S/C14H18FN3O/c1-16-14(8-10-6-7-18(2)17-10)12-5-4-11(19-3)9-13(12)15/h4-7,9,14,16H,8H2,1-3H3. The molecular formula is C14H18FN3O. The summed E-state index contributed by atoms with van der Waals surface area (Å²) in [5.74, 6) is 0.253. The molecule has 2 aromatic rings. The summed E-state index contributed by atoms with van der Waals surface area (Å²) in [6, 6.07) is 6.74. The number of halogens is 1. The summed E-state index contributed by atoms with van der Waals surface area (Å²) in [7, 11) is 5.21. The number of benzene rings is 1. The van der Waals surface area contributed by atoms with Gasteiger partial charge >= 0.3 is 0 Å². The van der Waals surface area contributed by atoms with Crippen molar-refractivity contribution in [3.63, 3.8) is 0 Å². The summed E-state index contributed by atoms with van der Waals surface area (Å²) in [5.41, 5.74) is 1.55. The molecule has 102 valence electrons. The molecule has 1 heterocycles. The smallest absolute Gasteiger partial charge is 0.131 e. The fourth-order valence-electron chi connectivity index (χ4n) is 2.07. The molecule has 0 fully saturated rings. The quantitative estimate of drug-likeness (QED) is 0.897. The van der Waals surface area contributed by atoms with Crippen molar-refractivity contribution in [2.75, 3.05) is 14.2 Å². The largest absolute Gasteiger partial charge is 0.497 e. The van der Waals surface area contributed by atoms with Gasteiger partial charge in [0.15, 0.2) is 0 Å². The molecule has 0 saturated heterocycles. The van der Waals surface area contributed by atoms with Crippen molar-refractivity contribution in [3.8, 4) is 5.75 Å². The Bertz CT molecular complexity index is 553. The van der Waals surface area contributed by atoms with Crippen LogP contribution >= 0.6 is 0 Å². The number of hydrogen-bond acceptors (Lipinski definition) is 3. The number of likely N-dealkylation sites (N-methyl/N-ethyl adjacent to an activating group) is 1. The van der Waals surface area contributed by atoms with Gasteiger partial charge in [-0.05, 0) is 19.2 Å². The normalized spacial score (nSPS) is 12.4. The van der Waals surface area contributed by atoms with E-state index in [0.29, 0.717) is 17.7 Å². The lowest BCUT2D eigenvalue weighted by molar-refractivity contribution is 0.409. The molecule has 0 aliphatic rings. The second-order valence-electron chi connectivity index (χ2n) is 4.41. The van der Waals surface area contributed by atoms with Crippen molar-refractivity contribution in [2.24, 2.45) is 7.05 Å². The Balaban J connectivity index is 2.21. The molecule has 4 nitrogen and oxygen atoms in total. The molecule has 0 spiro atoms. The van der Waals surface area contributed by atoms with E-state index < -0.39 is 0 Å². The number of hydrogen-bond donors (Lipinski definition) is 1. The molecule has 2 rings (SSSR count). The summed E-state index contributed by atoms with van der Waals surface area (Å²) in [6.45, 7) is 0. The van der Waals surface area contributed by atoms with Gasteiger partial charge in [0.25, 0.3) is 0 Å². The van der Waals surface area contributed by atoms with Crippen molar-refractivity contribution in [1.29, 1.82) is 0 Å². The van der Waals surface area contributed by atoms with Crippen LogP contribution in [-0.4, -0.2) is 23.9 Å². The van der Waals surface area contributed by atoms with E-state index >= 15 is 0 Å². The maximum atomic E-state index is 14.0. The molecule has 1 atom stereocenters. The van der Waals surface area contributed by atoms with Gasteiger partial charge < -0.3 is 10.1 Å². The van der Waals surface area contributed by atoms with E-state index in [-0.39, 0.29) is 11.9 Å². The van der Waals surface area contributed by atoms with Crippen LogP contribution in [0.25, 0.3) is 0 Å². The van der Waals surface area contributed by atoms with E-state index in [1.165, 1.54) is 13.2 Å². The Labute approximate surface area is 112 Å². The Morgan fingerprint density at radius 2 is 2.21 bits per heavy atom. The van der Waals surface area contributed by atoms with Gasteiger partial charge in [-0.1, -0.05) is 6.07 Å². The molecule has 1 N–H and O–H groups in total. The van der Waals surface area contributed by atoms with Gasteiger partial charge in [-0.15, -0.1) is 0 Å². The zero-order chi connectivity index (χ0) is 13.8. The maximum Gasteiger partial charge on any atom is 0.131 e. The first-order valence-electron chi connectivity index (χ1n) is 6.13. The molecule has 0 radical (unpaired) electrons. The highest BCUT2D eigenvalue weighted by Gasteiger charge is 2.16. The first kappa shape index (κ1) is 13.5. The second kappa shape index (κ2) is 5.84. The van der Waals surface area contributed by atoms with E-state index in [9.17, 15) is 4.39 Å². The number of aryl methyl sites for hydroxylation is 1. The molecule has 19 heavy (non-hydrogen) atoms. The summed E-state index contributed by atoms with van der Waals surface area (Å²) < 4.78 is 20.8.